The van der Waals surface area contributed by atoms with Gasteiger partial charge in [0, 0.05) is 39.6 Å². The molecule has 2 aromatic rings. The quantitative estimate of drug-likeness (QED) is 0.664. The molecule has 6 nitrogen and oxygen atoms in total. The summed E-state index contributed by atoms with van der Waals surface area (Å²) >= 11 is 5.70. The summed E-state index contributed by atoms with van der Waals surface area (Å²) in [6.07, 6.45) is -5.67. The molecular formula is C23H19ClF2N2O4. The van der Waals surface area contributed by atoms with Gasteiger partial charge in [-0.25, -0.2) is 0 Å². The second-order valence-corrected chi connectivity index (χ2v) is 7.73. The molecule has 9 heteroatoms. The van der Waals surface area contributed by atoms with Gasteiger partial charge in [-0.3, -0.25) is 24.5 Å². The van der Waals surface area contributed by atoms with Crippen LogP contribution in [0.4, 0.5) is 8.78 Å². The van der Waals surface area contributed by atoms with Crippen LogP contribution in [-0.4, -0.2) is 34.4 Å². The molecule has 2 heterocycles. The van der Waals surface area contributed by atoms with Gasteiger partial charge in [-0.1, -0.05) is 35.9 Å². The molecule has 1 unspecified atom stereocenters. The lowest BCUT2D eigenvalue weighted by atomic mass is 9.97. The molecule has 166 valence electrons. The van der Waals surface area contributed by atoms with Crippen LogP contribution in [-0.2, 0) is 33.2 Å². The van der Waals surface area contributed by atoms with Crippen LogP contribution in [0.5, 0.6) is 0 Å². The van der Waals surface area contributed by atoms with E-state index in [0.29, 0.717) is 0 Å². The van der Waals surface area contributed by atoms with Crippen molar-refractivity contribution in [3.63, 3.8) is 0 Å². The maximum Gasteiger partial charge on any atom is 0.330 e. The highest BCUT2D eigenvalue weighted by Crippen LogP contribution is 2.32. The molecular weight excluding hydrogens is 442 g/mol. The lowest BCUT2D eigenvalue weighted by molar-refractivity contribution is -0.144. The van der Waals surface area contributed by atoms with E-state index in [9.17, 15) is 28.0 Å². The largest absolute Gasteiger partial charge is 0.330 e. The Morgan fingerprint density at radius 3 is 2.69 bits per heavy atom. The van der Waals surface area contributed by atoms with Crippen LogP contribution in [0.15, 0.2) is 42.5 Å². The molecule has 0 aliphatic carbocycles. The third-order valence-corrected chi connectivity index (χ3v) is 5.48. The van der Waals surface area contributed by atoms with E-state index in [1.807, 2.05) is 5.32 Å². The number of piperidine rings is 1. The summed E-state index contributed by atoms with van der Waals surface area (Å²) < 4.78 is 62.2. The summed E-state index contributed by atoms with van der Waals surface area (Å²) in [7, 11) is 0. The highest BCUT2D eigenvalue weighted by molar-refractivity contribution is 6.30. The minimum Gasteiger partial charge on any atom is -0.322 e. The zero-order chi connectivity index (χ0) is 26.6. The van der Waals surface area contributed by atoms with Crippen LogP contribution in [0.1, 0.15) is 51.8 Å². The van der Waals surface area contributed by atoms with E-state index in [0.717, 1.165) is 17.0 Å². The molecule has 0 spiro atoms. The number of carbonyl (C=O) groups excluding carboxylic acids is 4. The van der Waals surface area contributed by atoms with Crippen molar-refractivity contribution in [2.24, 2.45) is 0 Å². The van der Waals surface area contributed by atoms with Gasteiger partial charge < -0.3 is 4.90 Å². The Hall–Kier alpha value is -3.13. The normalized spacial score (nSPS) is 25.4. The van der Waals surface area contributed by atoms with Gasteiger partial charge in [-0.05, 0) is 42.1 Å². The lowest BCUT2D eigenvalue weighted by Crippen LogP contribution is -2.52. The van der Waals surface area contributed by atoms with E-state index >= 15 is 0 Å². The highest BCUT2D eigenvalue weighted by atomic mass is 35.5. The molecule has 2 aromatic carbocycles. The number of hydrogen-bond donors (Lipinski definition) is 1. The van der Waals surface area contributed by atoms with Crippen LogP contribution >= 0.6 is 11.6 Å². The van der Waals surface area contributed by atoms with Gasteiger partial charge in [0.2, 0.25) is 17.6 Å². The second kappa shape index (κ2) is 8.43. The molecule has 2 aliphatic rings. The number of aryl methyl sites for hydroxylation is 1. The number of rotatable bonds is 6. The van der Waals surface area contributed by atoms with Crippen LogP contribution < -0.4 is 5.32 Å². The fourth-order valence-electron chi connectivity index (χ4n) is 3.51. The Kier molecular flexibility index (Phi) is 4.59. The first-order valence-electron chi connectivity index (χ1n) is 11.6. The SMILES string of the molecule is [2H]C1C[C@]([2H])(N2Cc3cc(C([2H])([2H])CC(=O)C(F)(F)c4ccc(Cl)cc4)ccc3C2=O)C(=O)NC1=O. The molecule has 3 amide bonds. The van der Waals surface area contributed by atoms with Crippen molar-refractivity contribution in [1.82, 2.24) is 10.2 Å². The van der Waals surface area contributed by atoms with Crippen LogP contribution in [0.3, 0.4) is 0 Å². The van der Waals surface area contributed by atoms with Crippen LogP contribution in [0.2, 0.25) is 5.02 Å². The number of fused-ring (bicyclic) bond motifs is 1. The van der Waals surface area contributed by atoms with Gasteiger partial charge in [0.15, 0.2) is 0 Å². The predicted molar refractivity (Wildman–Crippen MR) is 111 cm³/mol. The number of nitrogens with one attached hydrogen (secondary N) is 1. The summed E-state index contributed by atoms with van der Waals surface area (Å²) in [5.41, 5.74) is -0.487. The summed E-state index contributed by atoms with van der Waals surface area (Å²) in [5, 5.41) is 2.11. The summed E-state index contributed by atoms with van der Waals surface area (Å²) in [4.78, 5) is 50.2. The predicted octanol–water partition coefficient (Wildman–Crippen LogP) is 3.39. The third kappa shape index (κ3) is 4.14. The second-order valence-electron chi connectivity index (χ2n) is 7.29. The summed E-state index contributed by atoms with van der Waals surface area (Å²) in [5.74, 6) is -8.26. The molecule has 0 saturated carbocycles. The van der Waals surface area contributed by atoms with E-state index in [1.54, 1.807) is 0 Å². The van der Waals surface area contributed by atoms with Crippen molar-refractivity contribution < 1.29 is 33.4 Å². The van der Waals surface area contributed by atoms with Gasteiger partial charge in [-0.2, -0.15) is 8.78 Å². The Bertz CT molecular complexity index is 1290. The fraction of sp³-hybridized carbons (Fsp3) is 0.304. The highest BCUT2D eigenvalue weighted by Gasteiger charge is 2.41. The van der Waals surface area contributed by atoms with Gasteiger partial charge in [-0.15, -0.1) is 0 Å². The van der Waals surface area contributed by atoms with Crippen molar-refractivity contribution >= 4 is 35.1 Å². The number of nitrogens with zero attached hydrogens (tertiary/aromatic N) is 1. The van der Waals surface area contributed by atoms with E-state index < -0.39 is 66.6 Å². The number of ketones is 1. The van der Waals surface area contributed by atoms with Crippen molar-refractivity contribution in [2.45, 2.75) is 44.1 Å². The minimum absolute atomic E-state index is 0.0604. The first-order chi connectivity index (χ1) is 16.7. The van der Waals surface area contributed by atoms with Crippen molar-refractivity contribution in [1.29, 1.82) is 0 Å². The number of alkyl halides is 2. The third-order valence-electron chi connectivity index (χ3n) is 5.22. The number of carbonyl (C=O) groups is 4. The monoisotopic (exact) mass is 464 g/mol. The first kappa shape index (κ1) is 17.4. The maximum atomic E-state index is 14.7. The number of Topliss-reactive ketones (excluding diaryl/α,β-unsaturated/α-hetero) is 1. The van der Waals surface area contributed by atoms with Gasteiger partial charge in [0.1, 0.15) is 6.02 Å². The van der Waals surface area contributed by atoms with Crippen LogP contribution in [0, 0.1) is 0 Å². The average Bonchev–Trinajstić information content (AvgIpc) is 3.14. The van der Waals surface area contributed by atoms with Crippen LogP contribution in [0.25, 0.3) is 0 Å². The van der Waals surface area contributed by atoms with Gasteiger partial charge >= 0.3 is 5.92 Å². The molecule has 1 fully saturated rings. The number of hydrogen-bond acceptors (Lipinski definition) is 4. The summed E-state index contributed by atoms with van der Waals surface area (Å²) in [6, 6.07) is 5.78. The van der Waals surface area contributed by atoms with Crippen molar-refractivity contribution in [3.05, 3.63) is 69.7 Å². The maximum absolute atomic E-state index is 14.7. The fourth-order valence-corrected chi connectivity index (χ4v) is 3.64. The molecule has 2 aliphatic heterocycles. The standard InChI is InChI=1S/C23H19ClF2N2O4/c24-16-5-3-15(4-6-16)23(25,26)19(29)9-2-13-1-7-17-14(11-13)12-28(22(17)32)18-8-10-20(30)27-21(18)31/h1,3-7,11,18H,2,8-10,12H2,(H,27,30,31)/t18-/m0/s1/i2D2,10D,18D/t10?,18-. The minimum atomic E-state index is -3.96. The Morgan fingerprint density at radius 1 is 1.25 bits per heavy atom. The van der Waals surface area contributed by atoms with Gasteiger partial charge in [0.05, 0.1) is 1.37 Å². The number of amides is 3. The average molecular weight is 465 g/mol. The van der Waals surface area contributed by atoms with Gasteiger partial charge in [0.25, 0.3) is 5.91 Å². The number of benzene rings is 2. The number of imide groups is 1. The molecule has 0 bridgehead atoms. The smallest absolute Gasteiger partial charge is 0.322 e. The molecule has 1 saturated heterocycles. The lowest BCUT2D eigenvalue weighted by Gasteiger charge is -2.29. The zero-order valence-electron chi connectivity index (χ0n) is 20.5. The van der Waals surface area contributed by atoms with E-state index in [-0.39, 0.29) is 28.3 Å². The Morgan fingerprint density at radius 2 is 1.97 bits per heavy atom. The van der Waals surface area contributed by atoms with Crippen molar-refractivity contribution in [2.75, 3.05) is 0 Å². The van der Waals surface area contributed by atoms with E-state index in [1.165, 1.54) is 30.3 Å². The number of halogens is 3. The topological polar surface area (TPSA) is 83.6 Å². The Balaban J connectivity index is 1.57. The zero-order valence-corrected chi connectivity index (χ0v) is 17.2. The molecule has 0 radical (unpaired) electrons. The molecule has 4 rings (SSSR count). The Labute approximate surface area is 193 Å². The van der Waals surface area contributed by atoms with E-state index in [4.69, 9.17) is 17.1 Å². The molecule has 0 aromatic heterocycles. The molecule has 32 heavy (non-hydrogen) atoms. The summed E-state index contributed by atoms with van der Waals surface area (Å²) in [6.45, 7) is -0.301. The van der Waals surface area contributed by atoms with Crippen molar-refractivity contribution in [3.8, 4) is 0 Å². The molecule has 2 atom stereocenters. The molecule has 1 N–H and O–H groups in total. The van der Waals surface area contributed by atoms with E-state index in [2.05, 4.69) is 0 Å². The first-order valence-corrected chi connectivity index (χ1v) is 9.95.